The van der Waals surface area contributed by atoms with Crippen LogP contribution < -0.4 is 10.6 Å². The lowest BCUT2D eigenvalue weighted by molar-refractivity contribution is 0.588. The van der Waals surface area contributed by atoms with Crippen LogP contribution in [0.1, 0.15) is 36.8 Å². The van der Waals surface area contributed by atoms with Crippen molar-refractivity contribution in [3.63, 3.8) is 0 Å². The van der Waals surface area contributed by atoms with Crippen LogP contribution in [0, 0.1) is 0 Å². The van der Waals surface area contributed by atoms with Gasteiger partial charge in [0.1, 0.15) is 0 Å². The summed E-state index contributed by atoms with van der Waals surface area (Å²) in [6.07, 6.45) is 7.43. The van der Waals surface area contributed by atoms with Gasteiger partial charge in [0.25, 0.3) is 0 Å². The zero-order chi connectivity index (χ0) is 12.4. The first-order valence-electron chi connectivity index (χ1n) is 6.95. The molecule has 2 nitrogen and oxygen atoms in total. The maximum atomic E-state index is 5.42. The van der Waals surface area contributed by atoms with Crippen molar-refractivity contribution in [2.45, 2.75) is 50.6 Å². The second-order valence-corrected chi connectivity index (χ2v) is 5.88. The van der Waals surface area contributed by atoms with E-state index in [1.165, 1.54) is 36.8 Å². The van der Waals surface area contributed by atoms with Crippen molar-refractivity contribution in [1.29, 1.82) is 0 Å². The summed E-state index contributed by atoms with van der Waals surface area (Å²) in [7, 11) is 0. The molecule has 2 aliphatic carbocycles. The molecule has 3 rings (SSSR count). The van der Waals surface area contributed by atoms with Gasteiger partial charge >= 0.3 is 0 Å². The Kier molecular flexibility index (Phi) is 3.50. The fourth-order valence-electron chi connectivity index (χ4n) is 3.14. The number of benzene rings is 1. The lowest BCUT2D eigenvalue weighted by Crippen LogP contribution is -2.45. The minimum absolute atomic E-state index is 0.476. The molecule has 0 aliphatic heterocycles. The molecule has 0 amide bonds. The van der Waals surface area contributed by atoms with Crippen LogP contribution in [0.5, 0.6) is 0 Å². The molecular weight excluding hydrogens is 240 g/mol. The topological polar surface area (TPSA) is 24.1 Å². The summed E-state index contributed by atoms with van der Waals surface area (Å²) >= 11 is 5.42. The molecule has 0 atom stereocenters. The van der Waals surface area contributed by atoms with Crippen LogP contribution in [-0.4, -0.2) is 17.2 Å². The Balaban J connectivity index is 1.51. The van der Waals surface area contributed by atoms with E-state index in [1.807, 2.05) is 0 Å². The van der Waals surface area contributed by atoms with Crippen molar-refractivity contribution >= 4 is 17.3 Å². The molecule has 1 fully saturated rings. The highest BCUT2D eigenvalue weighted by atomic mass is 32.1. The molecule has 18 heavy (non-hydrogen) atoms. The molecule has 1 aromatic rings. The average Bonchev–Trinajstić information content (AvgIpc) is 2.96. The second kappa shape index (κ2) is 5.27. The summed E-state index contributed by atoms with van der Waals surface area (Å²) in [5.41, 5.74) is 2.94. The molecule has 2 aliphatic rings. The van der Waals surface area contributed by atoms with Crippen LogP contribution >= 0.6 is 12.2 Å². The molecular formula is C15H20N2S. The second-order valence-electron chi connectivity index (χ2n) is 5.47. The average molecular weight is 260 g/mol. The molecule has 0 heterocycles. The first-order chi connectivity index (χ1) is 8.81. The van der Waals surface area contributed by atoms with Gasteiger partial charge < -0.3 is 10.6 Å². The maximum absolute atomic E-state index is 5.42. The highest BCUT2D eigenvalue weighted by molar-refractivity contribution is 7.80. The van der Waals surface area contributed by atoms with E-state index < -0.39 is 0 Å². The van der Waals surface area contributed by atoms with Gasteiger partial charge in [-0.3, -0.25) is 0 Å². The van der Waals surface area contributed by atoms with Crippen LogP contribution in [0.25, 0.3) is 0 Å². The van der Waals surface area contributed by atoms with Gasteiger partial charge in [-0.1, -0.05) is 37.1 Å². The van der Waals surface area contributed by atoms with Crippen molar-refractivity contribution in [3.05, 3.63) is 35.4 Å². The Morgan fingerprint density at radius 3 is 2.11 bits per heavy atom. The summed E-state index contributed by atoms with van der Waals surface area (Å²) in [4.78, 5) is 0. The quantitative estimate of drug-likeness (QED) is 0.799. The normalized spacial score (nSPS) is 19.8. The van der Waals surface area contributed by atoms with Crippen LogP contribution in [0.4, 0.5) is 0 Å². The van der Waals surface area contributed by atoms with E-state index in [4.69, 9.17) is 12.2 Å². The van der Waals surface area contributed by atoms with E-state index in [-0.39, 0.29) is 0 Å². The van der Waals surface area contributed by atoms with Crippen molar-refractivity contribution in [2.24, 2.45) is 0 Å². The highest BCUT2D eigenvalue weighted by Gasteiger charge is 2.22. The standard InChI is InChI=1S/C15H20N2S/c18-15(16-13-7-3-4-8-13)17-14-9-11-5-1-2-6-12(11)10-14/h1-2,5-6,13-14H,3-4,7-10H2,(H2,16,17,18). The first-order valence-corrected chi connectivity index (χ1v) is 7.36. The first kappa shape index (κ1) is 12.0. The van der Waals surface area contributed by atoms with E-state index in [0.29, 0.717) is 12.1 Å². The van der Waals surface area contributed by atoms with E-state index in [1.54, 1.807) is 0 Å². The number of nitrogens with one attached hydrogen (secondary N) is 2. The van der Waals surface area contributed by atoms with Crippen molar-refractivity contribution in [3.8, 4) is 0 Å². The molecule has 0 unspecified atom stereocenters. The molecule has 2 N–H and O–H groups in total. The van der Waals surface area contributed by atoms with Crippen molar-refractivity contribution in [2.75, 3.05) is 0 Å². The van der Waals surface area contributed by atoms with Crippen molar-refractivity contribution < 1.29 is 0 Å². The van der Waals surface area contributed by atoms with E-state index in [9.17, 15) is 0 Å². The smallest absolute Gasteiger partial charge is 0.166 e. The minimum atomic E-state index is 0.476. The van der Waals surface area contributed by atoms with Crippen LogP contribution in [0.15, 0.2) is 24.3 Å². The molecule has 0 spiro atoms. The van der Waals surface area contributed by atoms with Gasteiger partial charge in [0.2, 0.25) is 0 Å². The SMILES string of the molecule is S=C(NC1CCCC1)NC1Cc2ccccc2C1. The fourth-order valence-corrected chi connectivity index (χ4v) is 3.48. The Bertz CT molecular complexity index is 413. The van der Waals surface area contributed by atoms with Gasteiger partial charge in [-0.2, -0.15) is 0 Å². The van der Waals surface area contributed by atoms with Crippen LogP contribution in [-0.2, 0) is 12.8 Å². The van der Waals surface area contributed by atoms with Crippen LogP contribution in [0.2, 0.25) is 0 Å². The van der Waals surface area contributed by atoms with E-state index >= 15 is 0 Å². The Labute approximate surface area is 114 Å². The number of fused-ring (bicyclic) bond motifs is 1. The van der Waals surface area contributed by atoms with Gasteiger partial charge in [-0.25, -0.2) is 0 Å². The largest absolute Gasteiger partial charge is 0.360 e. The number of rotatable bonds is 2. The van der Waals surface area contributed by atoms with Gasteiger partial charge in [0.15, 0.2) is 5.11 Å². The Hall–Kier alpha value is -1.09. The molecule has 0 radical (unpaired) electrons. The minimum Gasteiger partial charge on any atom is -0.360 e. The third-order valence-corrected chi connectivity index (χ3v) is 4.31. The molecule has 0 aromatic heterocycles. The van der Waals surface area contributed by atoms with Gasteiger partial charge in [-0.05, 0) is 49.0 Å². The molecule has 1 aromatic carbocycles. The molecule has 96 valence electrons. The predicted octanol–water partition coefficient (Wildman–Crippen LogP) is 2.56. The highest BCUT2D eigenvalue weighted by Crippen LogP contribution is 2.22. The fraction of sp³-hybridized carbons (Fsp3) is 0.533. The number of hydrogen-bond donors (Lipinski definition) is 2. The zero-order valence-electron chi connectivity index (χ0n) is 10.6. The lowest BCUT2D eigenvalue weighted by Gasteiger charge is -2.19. The third kappa shape index (κ3) is 2.66. The van der Waals surface area contributed by atoms with Gasteiger partial charge in [0.05, 0.1) is 0 Å². The van der Waals surface area contributed by atoms with Gasteiger partial charge in [-0.15, -0.1) is 0 Å². The Morgan fingerprint density at radius 2 is 1.50 bits per heavy atom. The molecule has 1 saturated carbocycles. The number of hydrogen-bond acceptors (Lipinski definition) is 1. The van der Waals surface area contributed by atoms with Crippen molar-refractivity contribution in [1.82, 2.24) is 10.6 Å². The van der Waals surface area contributed by atoms with Crippen LogP contribution in [0.3, 0.4) is 0 Å². The third-order valence-electron chi connectivity index (χ3n) is 4.08. The zero-order valence-corrected chi connectivity index (χ0v) is 11.4. The predicted molar refractivity (Wildman–Crippen MR) is 78.8 cm³/mol. The molecule has 3 heteroatoms. The van der Waals surface area contributed by atoms with E-state index in [2.05, 4.69) is 34.9 Å². The van der Waals surface area contributed by atoms with E-state index in [0.717, 1.165) is 18.0 Å². The summed E-state index contributed by atoms with van der Waals surface area (Å²) in [5, 5.41) is 7.77. The maximum Gasteiger partial charge on any atom is 0.166 e. The lowest BCUT2D eigenvalue weighted by atomic mass is 10.1. The summed E-state index contributed by atoms with van der Waals surface area (Å²) in [5.74, 6) is 0. The number of thiocarbonyl (C=S) groups is 1. The van der Waals surface area contributed by atoms with Gasteiger partial charge in [0, 0.05) is 12.1 Å². The Morgan fingerprint density at radius 1 is 0.944 bits per heavy atom. The molecule has 0 saturated heterocycles. The monoisotopic (exact) mass is 260 g/mol. The summed E-state index contributed by atoms with van der Waals surface area (Å²) in [6.45, 7) is 0. The summed E-state index contributed by atoms with van der Waals surface area (Å²) in [6, 6.07) is 9.78. The molecule has 0 bridgehead atoms. The summed E-state index contributed by atoms with van der Waals surface area (Å²) < 4.78 is 0.